The standard InChI is InChI=1S/C15H22N2O2/c1-2-6-12(16)15(18)17-13-9-10-19-14(13)11-7-4-3-5-8-11/h3-5,7-8,12-14H,2,6,9-10,16H2,1H3,(H,17,18). The molecule has 104 valence electrons. The van der Waals surface area contributed by atoms with Crippen molar-refractivity contribution in [2.75, 3.05) is 6.61 Å². The monoisotopic (exact) mass is 262 g/mol. The predicted octanol–water partition coefficient (Wildman–Crippen LogP) is 1.76. The molecule has 4 nitrogen and oxygen atoms in total. The summed E-state index contributed by atoms with van der Waals surface area (Å²) in [6.07, 6.45) is 2.41. The fourth-order valence-corrected chi connectivity index (χ4v) is 2.44. The molecule has 1 aromatic rings. The van der Waals surface area contributed by atoms with Crippen LogP contribution in [0.4, 0.5) is 0 Å². The third kappa shape index (κ3) is 3.55. The molecule has 0 spiro atoms. The highest BCUT2D eigenvalue weighted by atomic mass is 16.5. The first-order valence-corrected chi connectivity index (χ1v) is 6.95. The van der Waals surface area contributed by atoms with Gasteiger partial charge in [0.2, 0.25) is 5.91 Å². The first kappa shape index (κ1) is 14.0. The zero-order chi connectivity index (χ0) is 13.7. The number of benzene rings is 1. The summed E-state index contributed by atoms with van der Waals surface area (Å²) < 4.78 is 5.74. The van der Waals surface area contributed by atoms with Gasteiger partial charge in [-0.1, -0.05) is 43.7 Å². The zero-order valence-electron chi connectivity index (χ0n) is 11.3. The van der Waals surface area contributed by atoms with Gasteiger partial charge in [0, 0.05) is 6.61 Å². The van der Waals surface area contributed by atoms with Crippen molar-refractivity contribution >= 4 is 5.91 Å². The van der Waals surface area contributed by atoms with E-state index < -0.39 is 6.04 Å². The van der Waals surface area contributed by atoms with E-state index in [0.29, 0.717) is 6.61 Å². The minimum absolute atomic E-state index is 0.0257. The van der Waals surface area contributed by atoms with Gasteiger partial charge >= 0.3 is 0 Å². The lowest BCUT2D eigenvalue weighted by Crippen LogP contribution is -2.46. The van der Waals surface area contributed by atoms with Crippen molar-refractivity contribution < 1.29 is 9.53 Å². The molecule has 3 atom stereocenters. The Bertz CT molecular complexity index is 408. The van der Waals surface area contributed by atoms with E-state index in [2.05, 4.69) is 5.32 Å². The number of rotatable bonds is 5. The minimum atomic E-state index is -0.415. The topological polar surface area (TPSA) is 64.4 Å². The average Bonchev–Trinajstić information content (AvgIpc) is 2.88. The summed E-state index contributed by atoms with van der Waals surface area (Å²) in [5.41, 5.74) is 6.94. The second kappa shape index (κ2) is 6.68. The van der Waals surface area contributed by atoms with Crippen molar-refractivity contribution in [3.8, 4) is 0 Å². The third-order valence-corrected chi connectivity index (χ3v) is 3.48. The van der Waals surface area contributed by atoms with Gasteiger partial charge in [0.15, 0.2) is 0 Å². The third-order valence-electron chi connectivity index (χ3n) is 3.48. The molecule has 3 N–H and O–H groups in total. The normalized spacial score (nSPS) is 24.1. The molecule has 1 heterocycles. The number of amides is 1. The Labute approximate surface area is 114 Å². The summed E-state index contributed by atoms with van der Waals surface area (Å²) in [7, 11) is 0. The van der Waals surface area contributed by atoms with Crippen LogP contribution in [0.5, 0.6) is 0 Å². The number of carbonyl (C=O) groups excluding carboxylic acids is 1. The highest BCUT2D eigenvalue weighted by molar-refractivity contribution is 5.81. The number of nitrogens with two attached hydrogens (primary N) is 1. The Morgan fingerprint density at radius 3 is 2.89 bits per heavy atom. The second-order valence-electron chi connectivity index (χ2n) is 5.00. The van der Waals surface area contributed by atoms with Crippen LogP contribution >= 0.6 is 0 Å². The number of carbonyl (C=O) groups is 1. The lowest BCUT2D eigenvalue weighted by Gasteiger charge is -2.22. The summed E-state index contributed by atoms with van der Waals surface area (Å²) in [6.45, 7) is 2.70. The molecule has 0 saturated carbocycles. The maximum atomic E-state index is 12.0. The minimum Gasteiger partial charge on any atom is -0.371 e. The number of nitrogens with one attached hydrogen (secondary N) is 1. The summed E-state index contributed by atoms with van der Waals surface area (Å²) in [5, 5.41) is 3.02. The number of hydrogen-bond acceptors (Lipinski definition) is 3. The van der Waals surface area contributed by atoms with Crippen LogP contribution in [-0.2, 0) is 9.53 Å². The number of ether oxygens (including phenoxy) is 1. The van der Waals surface area contributed by atoms with Gasteiger partial charge < -0.3 is 15.8 Å². The molecule has 1 aliphatic heterocycles. The predicted molar refractivity (Wildman–Crippen MR) is 74.6 cm³/mol. The Hall–Kier alpha value is -1.39. The van der Waals surface area contributed by atoms with E-state index >= 15 is 0 Å². The Morgan fingerprint density at radius 1 is 1.47 bits per heavy atom. The van der Waals surface area contributed by atoms with Crippen LogP contribution in [0.15, 0.2) is 30.3 Å². The molecule has 1 fully saturated rings. The molecule has 1 saturated heterocycles. The lowest BCUT2D eigenvalue weighted by atomic mass is 10.0. The molecule has 3 unspecified atom stereocenters. The molecule has 0 aromatic heterocycles. The zero-order valence-corrected chi connectivity index (χ0v) is 11.3. The summed E-state index contributed by atoms with van der Waals surface area (Å²) >= 11 is 0. The molecule has 0 aliphatic carbocycles. The van der Waals surface area contributed by atoms with Crippen molar-refractivity contribution in [3.05, 3.63) is 35.9 Å². The van der Waals surface area contributed by atoms with Crippen LogP contribution in [0.25, 0.3) is 0 Å². The van der Waals surface area contributed by atoms with Crippen LogP contribution < -0.4 is 11.1 Å². The van der Waals surface area contributed by atoms with Crippen LogP contribution in [0, 0.1) is 0 Å². The first-order chi connectivity index (χ1) is 9.22. The van der Waals surface area contributed by atoms with Gasteiger partial charge in [0.1, 0.15) is 6.10 Å². The van der Waals surface area contributed by atoms with E-state index in [0.717, 1.165) is 24.8 Å². The largest absolute Gasteiger partial charge is 0.371 e. The molecule has 19 heavy (non-hydrogen) atoms. The highest BCUT2D eigenvalue weighted by Crippen LogP contribution is 2.28. The summed E-state index contributed by atoms with van der Waals surface area (Å²) in [6, 6.07) is 9.61. The molecule has 4 heteroatoms. The van der Waals surface area contributed by atoms with Gasteiger partial charge in [-0.05, 0) is 18.4 Å². The average molecular weight is 262 g/mol. The van der Waals surface area contributed by atoms with Crippen molar-refractivity contribution in [3.63, 3.8) is 0 Å². The maximum Gasteiger partial charge on any atom is 0.237 e. The molecular formula is C15H22N2O2. The summed E-state index contributed by atoms with van der Waals surface area (Å²) in [5.74, 6) is -0.0710. The van der Waals surface area contributed by atoms with E-state index in [4.69, 9.17) is 10.5 Å². The highest BCUT2D eigenvalue weighted by Gasteiger charge is 2.31. The van der Waals surface area contributed by atoms with Crippen molar-refractivity contribution in [2.45, 2.75) is 44.4 Å². The van der Waals surface area contributed by atoms with E-state index in [1.54, 1.807) is 0 Å². The van der Waals surface area contributed by atoms with Gasteiger partial charge in [0.25, 0.3) is 0 Å². The summed E-state index contributed by atoms with van der Waals surface area (Å²) in [4.78, 5) is 12.0. The molecule has 0 bridgehead atoms. The van der Waals surface area contributed by atoms with Gasteiger partial charge in [-0.15, -0.1) is 0 Å². The molecule has 1 aromatic carbocycles. The number of hydrogen-bond donors (Lipinski definition) is 2. The van der Waals surface area contributed by atoms with Crippen LogP contribution in [-0.4, -0.2) is 24.6 Å². The van der Waals surface area contributed by atoms with E-state index in [1.165, 1.54) is 0 Å². The second-order valence-corrected chi connectivity index (χ2v) is 5.00. The lowest BCUT2D eigenvalue weighted by molar-refractivity contribution is -0.123. The van der Waals surface area contributed by atoms with Crippen molar-refractivity contribution in [1.29, 1.82) is 0 Å². The maximum absolute atomic E-state index is 12.0. The smallest absolute Gasteiger partial charge is 0.237 e. The molecule has 2 rings (SSSR count). The fraction of sp³-hybridized carbons (Fsp3) is 0.533. The Balaban J connectivity index is 1.98. The van der Waals surface area contributed by atoms with Crippen LogP contribution in [0.3, 0.4) is 0 Å². The first-order valence-electron chi connectivity index (χ1n) is 6.95. The van der Waals surface area contributed by atoms with Crippen molar-refractivity contribution in [2.24, 2.45) is 5.73 Å². The molecule has 0 radical (unpaired) electrons. The van der Waals surface area contributed by atoms with Gasteiger partial charge in [-0.3, -0.25) is 4.79 Å². The van der Waals surface area contributed by atoms with Crippen LogP contribution in [0.2, 0.25) is 0 Å². The Morgan fingerprint density at radius 2 is 2.21 bits per heavy atom. The van der Waals surface area contributed by atoms with E-state index in [-0.39, 0.29) is 18.1 Å². The quantitative estimate of drug-likeness (QED) is 0.850. The van der Waals surface area contributed by atoms with Gasteiger partial charge in [-0.2, -0.15) is 0 Å². The SMILES string of the molecule is CCCC(N)C(=O)NC1CCOC1c1ccccc1. The van der Waals surface area contributed by atoms with E-state index in [1.807, 2.05) is 37.3 Å². The Kier molecular flexibility index (Phi) is 4.93. The molecule has 1 amide bonds. The van der Waals surface area contributed by atoms with E-state index in [9.17, 15) is 4.79 Å². The van der Waals surface area contributed by atoms with Gasteiger partial charge in [-0.25, -0.2) is 0 Å². The molecular weight excluding hydrogens is 240 g/mol. The van der Waals surface area contributed by atoms with Crippen molar-refractivity contribution in [1.82, 2.24) is 5.32 Å². The molecule has 1 aliphatic rings. The van der Waals surface area contributed by atoms with Gasteiger partial charge in [0.05, 0.1) is 12.1 Å². The fourth-order valence-electron chi connectivity index (χ4n) is 2.44. The van der Waals surface area contributed by atoms with Crippen LogP contribution in [0.1, 0.15) is 37.9 Å².